The summed E-state index contributed by atoms with van der Waals surface area (Å²) in [6, 6.07) is 17.3. The van der Waals surface area contributed by atoms with E-state index in [2.05, 4.69) is 0 Å². The summed E-state index contributed by atoms with van der Waals surface area (Å²) < 4.78 is 93.5. The van der Waals surface area contributed by atoms with Crippen LogP contribution >= 0.6 is 0 Å². The van der Waals surface area contributed by atoms with Crippen LogP contribution in [0, 0.1) is 20.8 Å². The standard InChI is InChI=1S/3C7H8O3S.3Na/c3*1-6-2-4-7(5-3-6)11(8,9)10;;;/h3*2-5H,1H3,(H,8,9,10);;;/q;;;3*+1/p-3. The van der Waals surface area contributed by atoms with Crippen LogP contribution in [0.2, 0.25) is 0 Å². The van der Waals surface area contributed by atoms with Gasteiger partial charge in [0, 0.05) is 0 Å². The number of hydrogen-bond acceptors (Lipinski definition) is 9. The summed E-state index contributed by atoms with van der Waals surface area (Å²) in [5.74, 6) is 0. The number of rotatable bonds is 3. The molecule has 0 aliphatic heterocycles. The first-order valence-corrected chi connectivity index (χ1v) is 13.3. The minimum Gasteiger partial charge on any atom is -0.744 e. The Balaban J connectivity index is -0.000000436. The van der Waals surface area contributed by atoms with E-state index in [1.807, 2.05) is 20.8 Å². The Hall–Kier alpha value is 0.390. The van der Waals surface area contributed by atoms with E-state index in [-0.39, 0.29) is 103 Å². The van der Waals surface area contributed by atoms with Crippen LogP contribution in [0.1, 0.15) is 16.7 Å². The molecule has 3 aromatic rings. The molecule has 0 atom stereocenters. The second-order valence-corrected chi connectivity index (χ2v) is 10.9. The third-order valence-electron chi connectivity index (χ3n) is 3.93. The normalized spacial score (nSPS) is 10.5. The quantitative estimate of drug-likeness (QED) is 0.215. The largest absolute Gasteiger partial charge is 1.00 e. The van der Waals surface area contributed by atoms with Crippen LogP contribution in [0.4, 0.5) is 0 Å². The van der Waals surface area contributed by atoms with Gasteiger partial charge in [0.15, 0.2) is 0 Å². The first kappa shape index (κ1) is 40.9. The molecule has 0 heterocycles. The zero-order chi connectivity index (χ0) is 25.4. The third-order valence-corrected chi connectivity index (χ3v) is 6.48. The summed E-state index contributed by atoms with van der Waals surface area (Å²) in [6.07, 6.45) is 0. The predicted octanol–water partition coefficient (Wildman–Crippen LogP) is -6.29. The van der Waals surface area contributed by atoms with Crippen LogP contribution in [0.25, 0.3) is 0 Å². The topological polar surface area (TPSA) is 172 Å². The van der Waals surface area contributed by atoms with Gasteiger partial charge in [0.25, 0.3) is 0 Å². The van der Waals surface area contributed by atoms with E-state index in [1.165, 1.54) is 36.4 Å². The summed E-state index contributed by atoms with van der Waals surface area (Å²) in [5.41, 5.74) is 2.78. The van der Waals surface area contributed by atoms with Gasteiger partial charge in [-0.25, -0.2) is 25.3 Å². The molecular formula is C21H21Na3O9S3. The van der Waals surface area contributed by atoms with E-state index in [1.54, 1.807) is 36.4 Å². The van der Waals surface area contributed by atoms with E-state index in [0.29, 0.717) is 0 Å². The van der Waals surface area contributed by atoms with Crippen molar-refractivity contribution in [3.05, 3.63) is 89.5 Å². The molecule has 0 amide bonds. The Morgan fingerprint density at radius 2 is 0.528 bits per heavy atom. The molecule has 0 N–H and O–H groups in total. The Kier molecular flexibility index (Phi) is 20.3. The van der Waals surface area contributed by atoms with Gasteiger partial charge in [0.05, 0.1) is 14.7 Å². The Bertz CT molecular complexity index is 1200. The summed E-state index contributed by atoms with van der Waals surface area (Å²) in [7, 11) is -12.8. The van der Waals surface area contributed by atoms with Crippen LogP contribution in [-0.4, -0.2) is 38.9 Å². The zero-order valence-electron chi connectivity index (χ0n) is 20.8. The maximum atomic E-state index is 10.4. The smallest absolute Gasteiger partial charge is 0.744 e. The number of hydrogen-bond donors (Lipinski definition) is 0. The fourth-order valence-corrected chi connectivity index (χ4v) is 3.52. The predicted molar refractivity (Wildman–Crippen MR) is 117 cm³/mol. The molecule has 3 aromatic carbocycles. The van der Waals surface area contributed by atoms with Gasteiger partial charge in [-0.2, -0.15) is 0 Å². The monoisotopic (exact) mass is 582 g/mol. The molecule has 0 radical (unpaired) electrons. The Labute approximate surface area is 279 Å². The average molecular weight is 583 g/mol. The van der Waals surface area contributed by atoms with Crippen LogP contribution < -0.4 is 88.7 Å². The summed E-state index contributed by atoms with van der Waals surface area (Å²) in [4.78, 5) is -0.533. The van der Waals surface area contributed by atoms with Crippen molar-refractivity contribution in [2.75, 3.05) is 0 Å². The van der Waals surface area contributed by atoms with Gasteiger partial charge in [-0.3, -0.25) is 0 Å². The van der Waals surface area contributed by atoms with Gasteiger partial charge in [-0.05, 0) is 57.2 Å². The second kappa shape index (κ2) is 17.9. The SMILES string of the molecule is Cc1ccc(S(=O)(=O)[O-])cc1.Cc1ccc(S(=O)(=O)[O-])cc1.Cc1ccc(S(=O)(=O)[O-])cc1.[Na+].[Na+].[Na+]. The molecule has 15 heteroatoms. The van der Waals surface area contributed by atoms with Crippen molar-refractivity contribution >= 4 is 30.4 Å². The molecule has 0 fully saturated rings. The van der Waals surface area contributed by atoms with Gasteiger partial charge < -0.3 is 13.7 Å². The van der Waals surface area contributed by atoms with E-state index in [4.69, 9.17) is 0 Å². The van der Waals surface area contributed by atoms with Crippen molar-refractivity contribution in [3.63, 3.8) is 0 Å². The molecule has 180 valence electrons. The minimum atomic E-state index is -4.27. The molecular weight excluding hydrogens is 561 g/mol. The van der Waals surface area contributed by atoms with Crippen LogP contribution in [0.3, 0.4) is 0 Å². The summed E-state index contributed by atoms with van der Waals surface area (Å²) in [5, 5.41) is 0. The molecule has 0 saturated heterocycles. The van der Waals surface area contributed by atoms with Crippen LogP contribution in [0.5, 0.6) is 0 Å². The third kappa shape index (κ3) is 16.4. The van der Waals surface area contributed by atoms with Gasteiger partial charge in [-0.1, -0.05) is 53.1 Å². The van der Waals surface area contributed by atoms with E-state index >= 15 is 0 Å². The molecule has 9 nitrogen and oxygen atoms in total. The number of benzene rings is 3. The molecule has 0 bridgehead atoms. The Morgan fingerprint density at radius 1 is 0.389 bits per heavy atom. The van der Waals surface area contributed by atoms with E-state index < -0.39 is 30.4 Å². The zero-order valence-corrected chi connectivity index (χ0v) is 29.3. The number of aryl methyl sites for hydroxylation is 3. The van der Waals surface area contributed by atoms with Crippen molar-refractivity contribution in [1.29, 1.82) is 0 Å². The van der Waals surface area contributed by atoms with E-state index in [0.717, 1.165) is 16.7 Å². The fraction of sp³-hybridized carbons (Fsp3) is 0.143. The van der Waals surface area contributed by atoms with Gasteiger partial charge in [-0.15, -0.1) is 0 Å². The first-order valence-electron chi connectivity index (χ1n) is 9.08. The summed E-state index contributed by atoms with van der Waals surface area (Å²) in [6.45, 7) is 5.46. The maximum absolute atomic E-state index is 10.4. The molecule has 3 rings (SSSR count). The molecule has 0 aliphatic carbocycles. The van der Waals surface area contributed by atoms with Gasteiger partial charge in [0.1, 0.15) is 30.4 Å². The first-order chi connectivity index (χ1) is 15.0. The van der Waals surface area contributed by atoms with Gasteiger partial charge >= 0.3 is 88.7 Å². The minimum absolute atomic E-state index is 0. The van der Waals surface area contributed by atoms with E-state index in [9.17, 15) is 38.9 Å². The van der Waals surface area contributed by atoms with Gasteiger partial charge in [0.2, 0.25) is 0 Å². The van der Waals surface area contributed by atoms with Crippen molar-refractivity contribution in [3.8, 4) is 0 Å². The van der Waals surface area contributed by atoms with Crippen molar-refractivity contribution in [2.24, 2.45) is 0 Å². The summed E-state index contributed by atoms with van der Waals surface area (Å²) >= 11 is 0. The molecule has 0 aliphatic rings. The second-order valence-electron chi connectivity index (χ2n) is 6.80. The molecule has 0 spiro atoms. The van der Waals surface area contributed by atoms with Crippen molar-refractivity contribution < 1.29 is 128 Å². The fourth-order valence-electron chi connectivity index (χ4n) is 2.11. The van der Waals surface area contributed by atoms with Crippen molar-refractivity contribution in [1.82, 2.24) is 0 Å². The average Bonchev–Trinajstić information content (AvgIpc) is 2.68. The van der Waals surface area contributed by atoms with Crippen LogP contribution in [0.15, 0.2) is 87.5 Å². The Morgan fingerprint density at radius 3 is 0.639 bits per heavy atom. The van der Waals surface area contributed by atoms with Crippen LogP contribution in [-0.2, 0) is 30.4 Å². The molecule has 0 unspecified atom stereocenters. The molecule has 0 saturated carbocycles. The van der Waals surface area contributed by atoms with Crippen molar-refractivity contribution in [2.45, 2.75) is 35.5 Å². The molecule has 36 heavy (non-hydrogen) atoms. The maximum Gasteiger partial charge on any atom is 1.00 e. The molecule has 0 aromatic heterocycles.